The molecule has 104 valence electrons. The minimum Gasteiger partial charge on any atom is -0.265 e. The van der Waals surface area contributed by atoms with Crippen molar-refractivity contribution in [3.63, 3.8) is 0 Å². The van der Waals surface area contributed by atoms with E-state index in [0.717, 1.165) is 27.8 Å². The zero-order chi connectivity index (χ0) is 14.6. The summed E-state index contributed by atoms with van der Waals surface area (Å²) < 4.78 is 0. The molecule has 0 saturated carbocycles. The Morgan fingerprint density at radius 3 is 2.45 bits per heavy atom. The summed E-state index contributed by atoms with van der Waals surface area (Å²) >= 11 is 1.67. The second-order valence-corrected chi connectivity index (χ2v) is 11.3. The summed E-state index contributed by atoms with van der Waals surface area (Å²) in [6, 6.07) is 8.31. The lowest BCUT2D eigenvalue weighted by Crippen LogP contribution is -2.25. The van der Waals surface area contributed by atoms with Crippen LogP contribution in [0.1, 0.15) is 11.1 Å². The van der Waals surface area contributed by atoms with E-state index < -0.39 is 8.07 Å². The van der Waals surface area contributed by atoms with Gasteiger partial charge in [0.2, 0.25) is 0 Å². The molecule has 0 spiro atoms. The zero-order valence-corrected chi connectivity index (χ0v) is 14.1. The first-order valence-corrected chi connectivity index (χ1v) is 11.0. The SMILES string of the molecule is CN=C1NN=C(c2ccc(C#C[Si](C)(C)C)cc2)CS1. The van der Waals surface area contributed by atoms with Crippen LogP contribution in [0.4, 0.5) is 0 Å². The summed E-state index contributed by atoms with van der Waals surface area (Å²) in [7, 11) is 0.457. The monoisotopic (exact) mass is 301 g/mol. The Morgan fingerprint density at radius 1 is 1.25 bits per heavy atom. The molecule has 1 N–H and O–H groups in total. The van der Waals surface area contributed by atoms with E-state index in [2.05, 4.69) is 70.9 Å². The smallest absolute Gasteiger partial charge is 0.177 e. The van der Waals surface area contributed by atoms with Gasteiger partial charge in [0, 0.05) is 18.4 Å². The van der Waals surface area contributed by atoms with E-state index in [1.54, 1.807) is 18.8 Å². The normalized spacial score (nSPS) is 17.0. The molecule has 1 aliphatic rings. The number of benzene rings is 1. The van der Waals surface area contributed by atoms with Crippen molar-refractivity contribution in [2.24, 2.45) is 10.1 Å². The molecule has 5 heteroatoms. The largest absolute Gasteiger partial charge is 0.265 e. The molecule has 0 unspecified atom stereocenters. The molecule has 1 aromatic carbocycles. The van der Waals surface area contributed by atoms with Crippen LogP contribution in [0.25, 0.3) is 0 Å². The van der Waals surface area contributed by atoms with Crippen LogP contribution in [0.15, 0.2) is 34.4 Å². The summed E-state index contributed by atoms with van der Waals surface area (Å²) in [6.45, 7) is 6.75. The van der Waals surface area contributed by atoms with Gasteiger partial charge in [0.1, 0.15) is 8.07 Å². The number of aliphatic imine (C=N–C) groups is 1. The van der Waals surface area contributed by atoms with Gasteiger partial charge in [-0.15, -0.1) is 5.54 Å². The Balaban J connectivity index is 2.13. The van der Waals surface area contributed by atoms with E-state index in [4.69, 9.17) is 0 Å². The molecule has 0 aliphatic carbocycles. The highest BCUT2D eigenvalue weighted by Crippen LogP contribution is 2.14. The predicted octanol–water partition coefficient (Wildman–Crippen LogP) is 2.94. The summed E-state index contributed by atoms with van der Waals surface area (Å²) in [4.78, 5) is 4.08. The molecule has 0 aromatic heterocycles. The minimum atomic E-state index is -1.31. The molecule has 1 heterocycles. The molecule has 1 aromatic rings. The Morgan fingerprint density at radius 2 is 1.95 bits per heavy atom. The average molecular weight is 301 g/mol. The number of thioether (sulfide) groups is 1. The standard InChI is InChI=1S/C15H19N3SSi/c1-16-15-18-17-14(11-19-15)13-7-5-12(6-8-13)9-10-20(2,3)4/h5-8H,11H2,1-4H3,(H,16,18). The van der Waals surface area contributed by atoms with Crippen LogP contribution in [0, 0.1) is 11.5 Å². The van der Waals surface area contributed by atoms with Gasteiger partial charge in [0.25, 0.3) is 0 Å². The molecule has 3 nitrogen and oxygen atoms in total. The fourth-order valence-electron chi connectivity index (χ4n) is 1.58. The van der Waals surface area contributed by atoms with Crippen molar-refractivity contribution in [3.8, 4) is 11.5 Å². The van der Waals surface area contributed by atoms with Gasteiger partial charge in [-0.05, 0) is 17.7 Å². The van der Waals surface area contributed by atoms with Crippen LogP contribution in [-0.2, 0) is 0 Å². The van der Waals surface area contributed by atoms with Gasteiger partial charge < -0.3 is 0 Å². The molecule has 1 aliphatic heterocycles. The molecule has 0 atom stereocenters. The van der Waals surface area contributed by atoms with Crippen molar-refractivity contribution in [2.45, 2.75) is 19.6 Å². The zero-order valence-electron chi connectivity index (χ0n) is 12.3. The topological polar surface area (TPSA) is 36.8 Å². The first kappa shape index (κ1) is 14.9. The maximum Gasteiger partial charge on any atom is 0.177 e. The third kappa shape index (κ3) is 4.25. The van der Waals surface area contributed by atoms with Gasteiger partial charge in [-0.1, -0.05) is 49.5 Å². The maximum absolute atomic E-state index is 4.35. The third-order valence-corrected chi connectivity index (χ3v) is 4.48. The Kier molecular flexibility index (Phi) is 4.68. The molecule has 2 rings (SSSR count). The highest BCUT2D eigenvalue weighted by Gasteiger charge is 2.12. The van der Waals surface area contributed by atoms with Crippen LogP contribution < -0.4 is 5.43 Å². The van der Waals surface area contributed by atoms with Crippen molar-refractivity contribution in [1.82, 2.24) is 5.43 Å². The first-order chi connectivity index (χ1) is 9.48. The number of hydrogen-bond acceptors (Lipinski definition) is 3. The van der Waals surface area contributed by atoms with Gasteiger partial charge in [0.05, 0.1) is 5.71 Å². The number of amidine groups is 1. The molecule has 20 heavy (non-hydrogen) atoms. The van der Waals surface area contributed by atoms with E-state index in [9.17, 15) is 0 Å². The van der Waals surface area contributed by atoms with Gasteiger partial charge in [-0.3, -0.25) is 10.4 Å². The number of nitrogens with zero attached hydrogens (tertiary/aromatic N) is 2. The van der Waals surface area contributed by atoms with Gasteiger partial charge in [0.15, 0.2) is 5.17 Å². The summed E-state index contributed by atoms with van der Waals surface area (Å²) in [5, 5.41) is 5.22. The Bertz CT molecular complexity index is 601. The Labute approximate surface area is 126 Å². The van der Waals surface area contributed by atoms with E-state index in [1.807, 2.05) is 0 Å². The first-order valence-electron chi connectivity index (χ1n) is 6.54. The lowest BCUT2D eigenvalue weighted by molar-refractivity contribution is 1.03. The van der Waals surface area contributed by atoms with Crippen molar-refractivity contribution in [1.29, 1.82) is 0 Å². The number of hydrazone groups is 1. The average Bonchev–Trinajstić information content (AvgIpc) is 2.45. The number of rotatable bonds is 1. The lowest BCUT2D eigenvalue weighted by Gasteiger charge is -2.14. The van der Waals surface area contributed by atoms with Gasteiger partial charge >= 0.3 is 0 Å². The van der Waals surface area contributed by atoms with Crippen LogP contribution in [0.2, 0.25) is 19.6 Å². The molecule has 0 radical (unpaired) electrons. The molecular weight excluding hydrogens is 282 g/mol. The summed E-state index contributed by atoms with van der Waals surface area (Å²) in [5.41, 5.74) is 9.59. The van der Waals surface area contributed by atoms with Crippen LogP contribution in [0.5, 0.6) is 0 Å². The summed E-state index contributed by atoms with van der Waals surface area (Å²) in [5.74, 6) is 4.11. The second kappa shape index (κ2) is 6.29. The molecule has 0 bridgehead atoms. The highest BCUT2D eigenvalue weighted by molar-refractivity contribution is 8.14. The number of hydrogen-bond donors (Lipinski definition) is 1. The minimum absolute atomic E-state index is 0.847. The van der Waals surface area contributed by atoms with E-state index in [0.29, 0.717) is 0 Å². The van der Waals surface area contributed by atoms with Crippen molar-refractivity contribution >= 4 is 30.7 Å². The van der Waals surface area contributed by atoms with Crippen molar-refractivity contribution in [2.75, 3.05) is 12.8 Å². The molecule has 0 saturated heterocycles. The van der Waals surface area contributed by atoms with E-state index >= 15 is 0 Å². The number of nitrogens with one attached hydrogen (secondary N) is 1. The van der Waals surface area contributed by atoms with Crippen molar-refractivity contribution in [3.05, 3.63) is 35.4 Å². The second-order valence-electron chi connectivity index (χ2n) is 5.57. The molecule has 0 amide bonds. The third-order valence-electron chi connectivity index (χ3n) is 2.64. The quantitative estimate of drug-likeness (QED) is 0.639. The fourth-order valence-corrected chi connectivity index (χ4v) is 2.85. The van der Waals surface area contributed by atoms with Crippen LogP contribution in [0.3, 0.4) is 0 Å². The van der Waals surface area contributed by atoms with Crippen molar-refractivity contribution < 1.29 is 0 Å². The Hall–Kier alpha value is -1.51. The van der Waals surface area contributed by atoms with E-state index in [-0.39, 0.29) is 0 Å². The summed E-state index contributed by atoms with van der Waals surface area (Å²) in [6.07, 6.45) is 0. The predicted molar refractivity (Wildman–Crippen MR) is 92.2 cm³/mol. The van der Waals surface area contributed by atoms with Crippen LogP contribution in [-0.4, -0.2) is 31.8 Å². The van der Waals surface area contributed by atoms with Gasteiger partial charge in [-0.25, -0.2) is 0 Å². The highest BCUT2D eigenvalue weighted by atomic mass is 32.2. The lowest BCUT2D eigenvalue weighted by atomic mass is 10.1. The molecule has 0 fully saturated rings. The van der Waals surface area contributed by atoms with Gasteiger partial charge in [-0.2, -0.15) is 5.10 Å². The molecular formula is C15H19N3SSi. The van der Waals surface area contributed by atoms with E-state index in [1.165, 1.54) is 0 Å². The van der Waals surface area contributed by atoms with Crippen LogP contribution >= 0.6 is 11.8 Å². The maximum atomic E-state index is 4.35. The fraction of sp³-hybridized carbons (Fsp3) is 0.333.